The first-order valence-electron chi connectivity index (χ1n) is 9.70. The number of hydrogen-bond acceptors (Lipinski definition) is 4. The molecule has 0 fully saturated rings. The van der Waals surface area contributed by atoms with Gasteiger partial charge in [-0.15, -0.1) is 0 Å². The number of hydrogen-bond donors (Lipinski definition) is 1. The van der Waals surface area contributed by atoms with Gasteiger partial charge < -0.3 is 9.88 Å². The summed E-state index contributed by atoms with van der Waals surface area (Å²) in [6.07, 6.45) is 3.15. The molecule has 0 radical (unpaired) electrons. The van der Waals surface area contributed by atoms with Crippen molar-refractivity contribution in [1.82, 2.24) is 9.55 Å². The van der Waals surface area contributed by atoms with Gasteiger partial charge in [-0.2, -0.15) is 0 Å². The van der Waals surface area contributed by atoms with Gasteiger partial charge in [-0.25, -0.2) is 13.4 Å². The van der Waals surface area contributed by atoms with Crippen molar-refractivity contribution in [3.63, 3.8) is 0 Å². The van der Waals surface area contributed by atoms with Crippen LogP contribution in [0.1, 0.15) is 41.4 Å². The van der Waals surface area contributed by atoms with Gasteiger partial charge in [-0.05, 0) is 50.1 Å². The van der Waals surface area contributed by atoms with E-state index in [-0.39, 0.29) is 20.8 Å². The van der Waals surface area contributed by atoms with E-state index in [2.05, 4.69) is 17.2 Å². The number of anilines is 1. The van der Waals surface area contributed by atoms with Crippen LogP contribution >= 0.6 is 11.6 Å². The van der Waals surface area contributed by atoms with Gasteiger partial charge in [0, 0.05) is 18.4 Å². The maximum Gasteiger partial charge on any atom is 0.258 e. The molecule has 0 aliphatic heterocycles. The Morgan fingerprint density at radius 3 is 2.43 bits per heavy atom. The number of benzene rings is 1. The Kier molecular flexibility index (Phi) is 6.63. The first-order valence-corrected chi connectivity index (χ1v) is 11.6. The highest BCUT2D eigenvalue weighted by Gasteiger charge is 2.30. The molecule has 6 nitrogen and oxygen atoms in total. The molecule has 1 N–H and O–H groups in total. The molecular formula is C22H24ClN3O3S. The standard InChI is InChI=1S/C22H24ClN3O3S/c1-4-5-13-26-16(3)15(2)20(30(28,29)18-9-7-6-8-10-18)21(26)25-22(27)17-11-12-19(23)24-14-17/h6-12,14H,4-5,13H2,1-3H3,(H,25,27). The van der Waals surface area contributed by atoms with E-state index in [1.807, 2.05) is 11.5 Å². The zero-order valence-electron chi connectivity index (χ0n) is 17.1. The van der Waals surface area contributed by atoms with Crippen LogP contribution in [-0.2, 0) is 16.4 Å². The summed E-state index contributed by atoms with van der Waals surface area (Å²) in [6, 6.07) is 11.3. The van der Waals surface area contributed by atoms with E-state index in [9.17, 15) is 13.2 Å². The number of pyridine rings is 1. The summed E-state index contributed by atoms with van der Waals surface area (Å²) in [4.78, 5) is 17.1. The first-order chi connectivity index (χ1) is 14.3. The van der Waals surface area contributed by atoms with Gasteiger partial charge in [0.2, 0.25) is 9.84 Å². The molecule has 0 atom stereocenters. The molecule has 0 aliphatic rings. The van der Waals surface area contributed by atoms with Crippen LogP contribution < -0.4 is 5.32 Å². The zero-order valence-corrected chi connectivity index (χ0v) is 18.7. The highest BCUT2D eigenvalue weighted by Crippen LogP contribution is 2.35. The van der Waals surface area contributed by atoms with Crippen LogP contribution in [0.2, 0.25) is 5.15 Å². The number of nitrogens with one attached hydrogen (secondary N) is 1. The molecule has 3 aromatic rings. The van der Waals surface area contributed by atoms with E-state index in [1.165, 1.54) is 12.3 Å². The fourth-order valence-electron chi connectivity index (χ4n) is 3.29. The number of carbonyl (C=O) groups excluding carboxylic acids is 1. The van der Waals surface area contributed by atoms with Crippen LogP contribution in [0.5, 0.6) is 0 Å². The number of unbranched alkanes of at least 4 members (excludes halogenated alkanes) is 1. The van der Waals surface area contributed by atoms with Gasteiger partial charge in [0.05, 0.1) is 10.5 Å². The van der Waals surface area contributed by atoms with E-state index >= 15 is 0 Å². The Bertz CT molecular complexity index is 1150. The predicted molar refractivity (Wildman–Crippen MR) is 118 cm³/mol. The maximum atomic E-state index is 13.5. The van der Waals surface area contributed by atoms with Crippen LogP contribution in [0.4, 0.5) is 5.82 Å². The number of rotatable bonds is 7. The van der Waals surface area contributed by atoms with Crippen molar-refractivity contribution in [2.75, 3.05) is 5.32 Å². The quantitative estimate of drug-likeness (QED) is 0.516. The lowest BCUT2D eigenvalue weighted by Gasteiger charge is -2.14. The number of halogens is 1. The second kappa shape index (κ2) is 9.02. The number of nitrogens with zero attached hydrogens (tertiary/aromatic N) is 2. The average Bonchev–Trinajstić information content (AvgIpc) is 2.97. The highest BCUT2D eigenvalue weighted by atomic mass is 35.5. The minimum Gasteiger partial charge on any atom is -0.331 e. The summed E-state index contributed by atoms with van der Waals surface area (Å²) >= 11 is 5.81. The molecule has 2 aromatic heterocycles. The Hall–Kier alpha value is -2.64. The molecule has 0 aliphatic carbocycles. The van der Waals surface area contributed by atoms with Gasteiger partial charge in [0.1, 0.15) is 15.9 Å². The number of aromatic nitrogens is 2. The maximum absolute atomic E-state index is 13.5. The summed E-state index contributed by atoms with van der Waals surface area (Å²) in [6.45, 7) is 6.30. The molecular weight excluding hydrogens is 422 g/mol. The van der Waals surface area contributed by atoms with Gasteiger partial charge in [-0.3, -0.25) is 4.79 Å². The molecule has 1 aromatic carbocycles. The fraction of sp³-hybridized carbons (Fsp3) is 0.273. The van der Waals surface area contributed by atoms with Crippen LogP contribution in [0, 0.1) is 13.8 Å². The predicted octanol–water partition coefficient (Wildman–Crippen LogP) is 5.04. The molecule has 3 rings (SSSR count). The molecule has 0 saturated heterocycles. The Balaban J connectivity index is 2.15. The molecule has 1 amide bonds. The Morgan fingerprint density at radius 2 is 1.83 bits per heavy atom. The first kappa shape index (κ1) is 22.1. The monoisotopic (exact) mass is 445 g/mol. The minimum atomic E-state index is -3.83. The van der Waals surface area contributed by atoms with Crippen molar-refractivity contribution in [2.45, 2.75) is 49.9 Å². The second-order valence-electron chi connectivity index (χ2n) is 7.03. The van der Waals surface area contributed by atoms with Crippen molar-refractivity contribution in [1.29, 1.82) is 0 Å². The number of sulfone groups is 1. The van der Waals surface area contributed by atoms with Crippen molar-refractivity contribution in [3.8, 4) is 0 Å². The SMILES string of the molecule is CCCCn1c(C)c(C)c(S(=O)(=O)c2ccccc2)c1NC(=O)c1ccc(Cl)nc1. The summed E-state index contributed by atoms with van der Waals surface area (Å²) in [5.74, 6) is -0.166. The minimum absolute atomic E-state index is 0.123. The van der Waals surface area contributed by atoms with Crippen LogP contribution in [-0.4, -0.2) is 23.9 Å². The molecule has 30 heavy (non-hydrogen) atoms. The summed E-state index contributed by atoms with van der Waals surface area (Å²) in [5, 5.41) is 3.10. The zero-order chi connectivity index (χ0) is 21.9. The van der Waals surface area contributed by atoms with E-state index < -0.39 is 15.7 Å². The molecule has 0 saturated carbocycles. The number of amides is 1. The largest absolute Gasteiger partial charge is 0.331 e. The van der Waals surface area contributed by atoms with Gasteiger partial charge >= 0.3 is 0 Å². The van der Waals surface area contributed by atoms with Gasteiger partial charge in [0.25, 0.3) is 5.91 Å². The lowest BCUT2D eigenvalue weighted by Crippen LogP contribution is -2.18. The third-order valence-corrected chi connectivity index (χ3v) is 7.21. The fourth-order valence-corrected chi connectivity index (χ4v) is 5.12. The normalized spacial score (nSPS) is 11.5. The summed E-state index contributed by atoms with van der Waals surface area (Å²) in [7, 11) is -3.83. The van der Waals surface area contributed by atoms with Crippen molar-refractivity contribution < 1.29 is 13.2 Å². The third-order valence-electron chi connectivity index (χ3n) is 5.05. The highest BCUT2D eigenvalue weighted by molar-refractivity contribution is 7.91. The molecule has 158 valence electrons. The van der Waals surface area contributed by atoms with E-state index in [0.717, 1.165) is 18.5 Å². The molecule has 8 heteroatoms. The van der Waals surface area contributed by atoms with Crippen molar-refractivity contribution in [3.05, 3.63) is 70.6 Å². The second-order valence-corrected chi connectivity index (χ2v) is 9.31. The smallest absolute Gasteiger partial charge is 0.258 e. The van der Waals surface area contributed by atoms with Crippen LogP contribution in [0.3, 0.4) is 0 Å². The van der Waals surface area contributed by atoms with E-state index in [1.54, 1.807) is 43.3 Å². The Morgan fingerprint density at radius 1 is 1.13 bits per heavy atom. The van der Waals surface area contributed by atoms with Gasteiger partial charge in [-0.1, -0.05) is 43.1 Å². The molecule has 2 heterocycles. The number of carbonyl (C=O) groups is 1. The molecule has 0 unspecified atom stereocenters. The van der Waals surface area contributed by atoms with Gasteiger partial charge in [0.15, 0.2) is 0 Å². The topological polar surface area (TPSA) is 81.1 Å². The molecule has 0 spiro atoms. The van der Waals surface area contributed by atoms with E-state index in [4.69, 9.17) is 11.6 Å². The summed E-state index contributed by atoms with van der Waals surface area (Å²) < 4.78 is 28.8. The van der Waals surface area contributed by atoms with Crippen LogP contribution in [0.25, 0.3) is 0 Å². The van der Waals surface area contributed by atoms with E-state index in [0.29, 0.717) is 17.7 Å². The average molecular weight is 446 g/mol. The van der Waals surface area contributed by atoms with Crippen molar-refractivity contribution in [2.24, 2.45) is 0 Å². The lowest BCUT2D eigenvalue weighted by atomic mass is 10.2. The lowest BCUT2D eigenvalue weighted by molar-refractivity contribution is 0.102. The Labute approximate surface area is 181 Å². The molecule has 0 bridgehead atoms. The third kappa shape index (κ3) is 4.27. The summed E-state index contributed by atoms with van der Waals surface area (Å²) in [5.41, 5.74) is 1.72. The van der Waals surface area contributed by atoms with Crippen LogP contribution in [0.15, 0.2) is 58.5 Å². The van der Waals surface area contributed by atoms with Crippen molar-refractivity contribution >= 4 is 33.2 Å².